The fraction of sp³-hybridized carbons (Fsp3) is 0.400. The number of aromatic nitrogens is 2. The molecule has 1 spiro atoms. The quantitative estimate of drug-likeness (QED) is 0.351. The second kappa shape index (κ2) is 10.6. The van der Waals surface area contributed by atoms with Gasteiger partial charge in [0.2, 0.25) is 5.79 Å². The van der Waals surface area contributed by atoms with Gasteiger partial charge in [0.05, 0.1) is 29.8 Å². The molecule has 0 unspecified atom stereocenters. The van der Waals surface area contributed by atoms with Crippen LogP contribution in [0.15, 0.2) is 36.5 Å². The first kappa shape index (κ1) is 26.6. The summed E-state index contributed by atoms with van der Waals surface area (Å²) in [6.07, 6.45) is 3.19. The third-order valence-electron chi connectivity index (χ3n) is 7.69. The molecule has 202 valence electrons. The molecule has 0 radical (unpaired) electrons. The van der Waals surface area contributed by atoms with Crippen LogP contribution in [0.1, 0.15) is 65.8 Å². The lowest BCUT2D eigenvalue weighted by molar-refractivity contribution is -0.229. The Morgan fingerprint density at radius 2 is 2.00 bits per heavy atom. The molecule has 1 fully saturated rings. The normalized spacial score (nSPS) is 16.4. The summed E-state index contributed by atoms with van der Waals surface area (Å²) in [6.45, 7) is 10.7. The van der Waals surface area contributed by atoms with Crippen LogP contribution in [0.2, 0.25) is 0 Å². The zero-order valence-corrected chi connectivity index (χ0v) is 22.9. The zero-order chi connectivity index (χ0) is 27.7. The molecule has 1 saturated heterocycles. The summed E-state index contributed by atoms with van der Waals surface area (Å²) in [4.78, 5) is 2.40. The average Bonchev–Trinajstić information content (AvgIpc) is 2.93. The van der Waals surface area contributed by atoms with Crippen molar-refractivity contribution in [1.29, 1.82) is 10.7 Å². The van der Waals surface area contributed by atoms with E-state index in [1.165, 1.54) is 0 Å². The molecule has 5 rings (SSSR count). The van der Waals surface area contributed by atoms with Crippen LogP contribution in [0.25, 0.3) is 0 Å². The molecule has 0 amide bonds. The van der Waals surface area contributed by atoms with Crippen molar-refractivity contribution in [3.8, 4) is 17.6 Å². The van der Waals surface area contributed by atoms with Gasteiger partial charge in [-0.15, -0.1) is 0 Å². The molecule has 3 heterocycles. The first-order valence-corrected chi connectivity index (χ1v) is 13.2. The molecular weight excluding hydrogens is 492 g/mol. The van der Waals surface area contributed by atoms with Crippen molar-refractivity contribution in [2.75, 3.05) is 18.8 Å². The fourth-order valence-electron chi connectivity index (χ4n) is 5.19. The maximum Gasteiger partial charge on any atom is 0.213 e. The van der Waals surface area contributed by atoms with E-state index in [1.807, 2.05) is 19.9 Å². The Morgan fingerprint density at radius 1 is 1.23 bits per heavy atom. The molecule has 2 aliphatic heterocycles. The maximum atomic E-state index is 9.99. The van der Waals surface area contributed by atoms with Gasteiger partial charge in [0.15, 0.2) is 0 Å². The Morgan fingerprint density at radius 3 is 2.69 bits per heavy atom. The number of nitriles is 1. The summed E-state index contributed by atoms with van der Waals surface area (Å²) in [6, 6.07) is 11.6. The van der Waals surface area contributed by atoms with Crippen LogP contribution in [-0.2, 0) is 18.0 Å². The number of hydrogen-bond donors (Lipinski definition) is 2. The number of nitrogens with one attached hydrogen (secondary N) is 1. The molecule has 0 aliphatic carbocycles. The van der Waals surface area contributed by atoms with Crippen molar-refractivity contribution in [2.45, 2.75) is 65.6 Å². The van der Waals surface area contributed by atoms with Gasteiger partial charge in [-0.2, -0.15) is 15.5 Å². The number of hydrogen-bond acceptors (Lipinski definition) is 9. The van der Waals surface area contributed by atoms with E-state index in [-0.39, 0.29) is 5.71 Å². The van der Waals surface area contributed by atoms with E-state index in [9.17, 15) is 5.26 Å². The van der Waals surface area contributed by atoms with E-state index in [1.54, 1.807) is 30.5 Å². The number of piperidine rings is 1. The van der Waals surface area contributed by atoms with E-state index in [0.717, 1.165) is 48.3 Å². The second-order valence-electron chi connectivity index (χ2n) is 10.6. The highest BCUT2D eigenvalue weighted by molar-refractivity contribution is 6.14. The highest BCUT2D eigenvalue weighted by Crippen LogP contribution is 2.40. The molecule has 2 aliphatic rings. The number of ether oxygens (including phenoxy) is 3. The number of fused-ring (bicyclic) bond motifs is 1. The van der Waals surface area contributed by atoms with Gasteiger partial charge in [-0.1, -0.05) is 0 Å². The number of rotatable bonds is 6. The van der Waals surface area contributed by atoms with Crippen LogP contribution < -0.4 is 15.2 Å². The summed E-state index contributed by atoms with van der Waals surface area (Å²) >= 11 is 0. The van der Waals surface area contributed by atoms with Crippen molar-refractivity contribution in [1.82, 2.24) is 15.1 Å². The standard InChI is InChI=1S/C30H34N6O3/c1-18(2)36-9-7-30(8-10-36)38-16-23-12-21(11-22(14-31)29(23)39-30)28(33)25-13-24(5-6-27(25)32)37-17-26-19(3)15-34-35-20(26)4/h5-6,11-13,15,18,33H,7-10,16-17,32H2,1-4H3. The fourth-order valence-corrected chi connectivity index (χ4v) is 5.19. The zero-order valence-electron chi connectivity index (χ0n) is 22.9. The molecule has 2 aromatic carbocycles. The van der Waals surface area contributed by atoms with Crippen LogP contribution >= 0.6 is 0 Å². The molecule has 9 nitrogen and oxygen atoms in total. The molecule has 0 saturated carbocycles. The van der Waals surface area contributed by atoms with Gasteiger partial charge in [0.25, 0.3) is 0 Å². The van der Waals surface area contributed by atoms with Gasteiger partial charge in [0.1, 0.15) is 24.2 Å². The van der Waals surface area contributed by atoms with Gasteiger partial charge < -0.3 is 24.8 Å². The van der Waals surface area contributed by atoms with Crippen molar-refractivity contribution < 1.29 is 14.2 Å². The minimum Gasteiger partial charge on any atom is -0.489 e. The lowest BCUT2D eigenvalue weighted by Crippen LogP contribution is -2.52. The SMILES string of the molecule is Cc1cnnc(C)c1COc1ccc(N)c(C(=N)c2cc(C#N)c3c(c2)COC2(CCN(C(C)C)CC2)O3)c1. The Bertz CT molecular complexity index is 1430. The van der Waals surface area contributed by atoms with Crippen molar-refractivity contribution in [2.24, 2.45) is 0 Å². The number of anilines is 1. The van der Waals surface area contributed by atoms with E-state index in [4.69, 9.17) is 25.4 Å². The van der Waals surface area contributed by atoms with E-state index in [0.29, 0.717) is 53.1 Å². The lowest BCUT2D eigenvalue weighted by atomic mass is 9.94. The summed E-state index contributed by atoms with van der Waals surface area (Å²) in [5.41, 5.74) is 12.0. The first-order valence-electron chi connectivity index (χ1n) is 13.2. The van der Waals surface area contributed by atoms with Gasteiger partial charge in [-0.3, -0.25) is 5.41 Å². The molecule has 1 aromatic heterocycles. The number of aryl methyl sites for hydroxylation is 2. The van der Waals surface area contributed by atoms with Crippen LogP contribution in [-0.4, -0.2) is 45.7 Å². The summed E-state index contributed by atoms with van der Waals surface area (Å²) in [5, 5.41) is 27.0. The van der Waals surface area contributed by atoms with Gasteiger partial charge in [-0.05, 0) is 63.6 Å². The number of nitrogens with zero attached hydrogens (tertiary/aromatic N) is 4. The topological polar surface area (TPSA) is 130 Å². The molecule has 0 bridgehead atoms. The lowest BCUT2D eigenvalue weighted by Gasteiger charge is -2.45. The summed E-state index contributed by atoms with van der Waals surface area (Å²) in [7, 11) is 0. The highest BCUT2D eigenvalue weighted by atomic mass is 16.7. The van der Waals surface area contributed by atoms with E-state index >= 15 is 0 Å². The smallest absolute Gasteiger partial charge is 0.213 e. The maximum absolute atomic E-state index is 9.99. The second-order valence-corrected chi connectivity index (χ2v) is 10.6. The van der Waals surface area contributed by atoms with Crippen molar-refractivity contribution in [3.05, 3.63) is 75.6 Å². The Hall–Kier alpha value is -4.00. The van der Waals surface area contributed by atoms with E-state index in [2.05, 4.69) is 35.0 Å². The molecule has 3 N–H and O–H groups in total. The third kappa shape index (κ3) is 5.31. The number of benzene rings is 2. The molecule has 0 atom stereocenters. The van der Waals surface area contributed by atoms with Crippen molar-refractivity contribution in [3.63, 3.8) is 0 Å². The Balaban J connectivity index is 1.37. The van der Waals surface area contributed by atoms with Gasteiger partial charge in [0, 0.05) is 59.9 Å². The molecule has 3 aromatic rings. The van der Waals surface area contributed by atoms with Crippen LogP contribution in [0.4, 0.5) is 5.69 Å². The molecule has 39 heavy (non-hydrogen) atoms. The Kier molecular flexibility index (Phi) is 7.25. The minimum atomic E-state index is -0.712. The molecular formula is C30H34N6O3. The molecule has 9 heteroatoms. The largest absolute Gasteiger partial charge is 0.489 e. The number of likely N-dealkylation sites (tertiary alicyclic amines) is 1. The summed E-state index contributed by atoms with van der Waals surface area (Å²) in [5.74, 6) is 0.426. The summed E-state index contributed by atoms with van der Waals surface area (Å²) < 4.78 is 18.7. The van der Waals surface area contributed by atoms with Gasteiger partial charge >= 0.3 is 0 Å². The third-order valence-corrected chi connectivity index (χ3v) is 7.69. The number of nitrogen functional groups attached to an aromatic ring is 1. The Labute approximate surface area is 229 Å². The van der Waals surface area contributed by atoms with Crippen LogP contribution in [0, 0.1) is 30.6 Å². The van der Waals surface area contributed by atoms with E-state index < -0.39 is 5.79 Å². The minimum absolute atomic E-state index is 0.195. The van der Waals surface area contributed by atoms with Crippen LogP contribution in [0.5, 0.6) is 11.5 Å². The van der Waals surface area contributed by atoms with Crippen molar-refractivity contribution >= 4 is 11.4 Å². The van der Waals surface area contributed by atoms with Crippen LogP contribution in [0.3, 0.4) is 0 Å². The predicted molar refractivity (Wildman–Crippen MR) is 148 cm³/mol. The predicted octanol–water partition coefficient (Wildman–Crippen LogP) is 4.65. The average molecular weight is 527 g/mol. The first-order chi connectivity index (χ1) is 18.7. The number of nitrogens with two attached hydrogens (primary N) is 1. The van der Waals surface area contributed by atoms with Gasteiger partial charge in [-0.25, -0.2) is 0 Å². The highest BCUT2D eigenvalue weighted by Gasteiger charge is 2.42. The monoisotopic (exact) mass is 526 g/mol.